The Hall–Kier alpha value is -3.21. The van der Waals surface area contributed by atoms with Crippen LogP contribution < -0.4 is 9.47 Å². The second kappa shape index (κ2) is 11.3. The Bertz CT molecular complexity index is 1010. The lowest BCUT2D eigenvalue weighted by molar-refractivity contribution is -0.122. The van der Waals surface area contributed by atoms with Crippen molar-refractivity contribution in [3.8, 4) is 23.8 Å². The number of para-hydroxylation sites is 1. The quantitative estimate of drug-likeness (QED) is 0.432. The van der Waals surface area contributed by atoms with E-state index in [2.05, 4.69) is 10.9 Å². The Balaban J connectivity index is 1.90. The fraction of sp³-hybridized carbons (Fsp3) is 0.250. The molecule has 3 rings (SSSR count). The third kappa shape index (κ3) is 5.91. The molecule has 2 aromatic rings. The van der Waals surface area contributed by atoms with E-state index in [1.807, 2.05) is 55.5 Å². The highest BCUT2D eigenvalue weighted by atomic mass is 32.2. The van der Waals surface area contributed by atoms with Gasteiger partial charge in [0.1, 0.15) is 6.61 Å². The molecule has 1 aliphatic heterocycles. The molecule has 0 N–H and O–H groups in total. The van der Waals surface area contributed by atoms with E-state index in [1.54, 1.807) is 18.1 Å². The third-order valence-electron chi connectivity index (χ3n) is 4.26. The maximum atomic E-state index is 13.1. The third-order valence-corrected chi connectivity index (χ3v) is 5.27. The molecule has 0 spiro atoms. The van der Waals surface area contributed by atoms with E-state index in [0.717, 1.165) is 11.3 Å². The van der Waals surface area contributed by atoms with Gasteiger partial charge in [0, 0.05) is 7.11 Å². The Morgan fingerprint density at radius 3 is 2.68 bits per heavy atom. The Morgan fingerprint density at radius 1 is 1.16 bits per heavy atom. The molecular weight excluding hydrogens is 412 g/mol. The Labute approximate surface area is 186 Å². The molecule has 0 aromatic heterocycles. The molecule has 0 radical (unpaired) electrons. The van der Waals surface area contributed by atoms with Gasteiger partial charge in [0.05, 0.1) is 30.4 Å². The van der Waals surface area contributed by atoms with Crippen LogP contribution in [0.1, 0.15) is 12.5 Å². The number of methoxy groups -OCH3 is 1. The van der Waals surface area contributed by atoms with Crippen LogP contribution in [0.25, 0.3) is 6.08 Å². The summed E-state index contributed by atoms with van der Waals surface area (Å²) in [6, 6.07) is 15.0. The lowest BCUT2D eigenvalue weighted by atomic mass is 10.2. The van der Waals surface area contributed by atoms with Crippen LogP contribution in [0, 0.1) is 12.3 Å². The van der Waals surface area contributed by atoms with Crippen LogP contribution >= 0.6 is 11.8 Å². The molecule has 1 fully saturated rings. The van der Waals surface area contributed by atoms with Crippen molar-refractivity contribution < 1.29 is 19.0 Å². The van der Waals surface area contributed by atoms with Gasteiger partial charge in [0.2, 0.25) is 0 Å². The zero-order chi connectivity index (χ0) is 22.1. The molecule has 0 atom stereocenters. The van der Waals surface area contributed by atoms with Crippen molar-refractivity contribution >= 4 is 34.6 Å². The van der Waals surface area contributed by atoms with Crippen LogP contribution in [0.2, 0.25) is 0 Å². The number of ether oxygens (including phenoxy) is 3. The zero-order valence-electron chi connectivity index (χ0n) is 17.5. The number of aliphatic imine (C=N–C) groups is 1. The first-order chi connectivity index (χ1) is 15.2. The van der Waals surface area contributed by atoms with Crippen LogP contribution in [0.15, 0.2) is 58.4 Å². The van der Waals surface area contributed by atoms with Crippen molar-refractivity contribution in [1.29, 1.82) is 0 Å². The summed E-state index contributed by atoms with van der Waals surface area (Å²) in [7, 11) is 1.61. The second-order valence-corrected chi connectivity index (χ2v) is 7.43. The molecule has 0 aliphatic carbocycles. The number of carbonyl (C=O) groups excluding carboxylic acids is 1. The summed E-state index contributed by atoms with van der Waals surface area (Å²) in [4.78, 5) is 19.9. The van der Waals surface area contributed by atoms with Crippen LogP contribution in [-0.2, 0) is 9.53 Å². The Kier molecular flexibility index (Phi) is 8.16. The fourth-order valence-corrected chi connectivity index (χ4v) is 3.88. The van der Waals surface area contributed by atoms with E-state index in [9.17, 15) is 4.79 Å². The summed E-state index contributed by atoms with van der Waals surface area (Å²) >= 11 is 1.34. The SMILES string of the molecule is C#CCOc1ccc(/C=C2/SC(=Nc3ccccc3)N(CCOC)C2=O)cc1OCC. The smallest absolute Gasteiger partial charge is 0.266 e. The number of rotatable bonds is 9. The molecule has 0 unspecified atom stereocenters. The largest absolute Gasteiger partial charge is 0.490 e. The van der Waals surface area contributed by atoms with Gasteiger partial charge in [0.25, 0.3) is 5.91 Å². The highest BCUT2D eigenvalue weighted by Crippen LogP contribution is 2.35. The molecule has 0 bridgehead atoms. The van der Waals surface area contributed by atoms with Crippen LogP contribution in [0.5, 0.6) is 11.5 Å². The first-order valence-corrected chi connectivity index (χ1v) is 10.6. The maximum absolute atomic E-state index is 13.1. The van der Waals surface area contributed by atoms with Gasteiger partial charge in [-0.3, -0.25) is 9.69 Å². The average Bonchev–Trinajstić information content (AvgIpc) is 3.06. The van der Waals surface area contributed by atoms with Crippen molar-refractivity contribution in [3.63, 3.8) is 0 Å². The maximum Gasteiger partial charge on any atom is 0.266 e. The van der Waals surface area contributed by atoms with E-state index in [-0.39, 0.29) is 12.5 Å². The molecule has 1 saturated heterocycles. The molecular formula is C24H24N2O4S. The first kappa shape index (κ1) is 22.5. The molecule has 1 heterocycles. The standard InChI is InChI=1S/C24H24N2O4S/c1-4-14-30-20-12-11-18(16-21(20)29-5-2)17-22-23(27)26(13-15-28-3)24(31-22)25-19-9-7-6-8-10-19/h1,6-12,16-17H,5,13-15H2,2-3H3/b22-17+,25-24?. The topological polar surface area (TPSA) is 60.4 Å². The number of nitrogens with zero attached hydrogens (tertiary/aromatic N) is 2. The number of carbonyl (C=O) groups is 1. The van der Waals surface area contributed by atoms with Gasteiger partial charge < -0.3 is 14.2 Å². The van der Waals surface area contributed by atoms with Crippen molar-refractivity contribution in [2.75, 3.05) is 33.5 Å². The van der Waals surface area contributed by atoms with Gasteiger partial charge in [-0.25, -0.2) is 4.99 Å². The number of hydrogen-bond acceptors (Lipinski definition) is 6. The molecule has 7 heteroatoms. The predicted molar refractivity (Wildman–Crippen MR) is 125 cm³/mol. The monoisotopic (exact) mass is 436 g/mol. The van der Waals surface area contributed by atoms with E-state index in [4.69, 9.17) is 20.6 Å². The number of amidine groups is 1. The highest BCUT2D eigenvalue weighted by molar-refractivity contribution is 8.18. The number of terminal acetylenes is 1. The highest BCUT2D eigenvalue weighted by Gasteiger charge is 2.33. The van der Waals surface area contributed by atoms with Crippen LogP contribution in [0.3, 0.4) is 0 Å². The first-order valence-electron chi connectivity index (χ1n) is 9.83. The summed E-state index contributed by atoms with van der Waals surface area (Å²) < 4.78 is 16.4. The zero-order valence-corrected chi connectivity index (χ0v) is 18.4. The van der Waals surface area contributed by atoms with Gasteiger partial charge in [0.15, 0.2) is 16.7 Å². The number of thioether (sulfide) groups is 1. The summed E-state index contributed by atoms with van der Waals surface area (Å²) in [5, 5.41) is 0.624. The molecule has 1 aliphatic rings. The summed E-state index contributed by atoms with van der Waals surface area (Å²) in [5.74, 6) is 3.49. The van der Waals surface area contributed by atoms with E-state index in [1.165, 1.54) is 11.8 Å². The number of amides is 1. The summed E-state index contributed by atoms with van der Waals surface area (Å²) in [6.07, 6.45) is 7.11. The molecule has 160 valence electrons. The summed E-state index contributed by atoms with van der Waals surface area (Å²) in [6.45, 7) is 3.38. The fourth-order valence-electron chi connectivity index (χ4n) is 2.86. The van der Waals surface area contributed by atoms with Gasteiger partial charge in [-0.05, 0) is 54.6 Å². The number of hydrogen-bond donors (Lipinski definition) is 0. The van der Waals surface area contributed by atoms with Gasteiger partial charge in [-0.1, -0.05) is 30.2 Å². The van der Waals surface area contributed by atoms with Crippen LogP contribution in [-0.4, -0.2) is 49.4 Å². The van der Waals surface area contributed by atoms with E-state index >= 15 is 0 Å². The van der Waals surface area contributed by atoms with Gasteiger partial charge in [-0.2, -0.15) is 0 Å². The molecule has 6 nitrogen and oxygen atoms in total. The number of benzene rings is 2. The molecule has 31 heavy (non-hydrogen) atoms. The second-order valence-electron chi connectivity index (χ2n) is 6.42. The average molecular weight is 437 g/mol. The van der Waals surface area contributed by atoms with E-state index in [0.29, 0.717) is 41.3 Å². The van der Waals surface area contributed by atoms with Crippen molar-refractivity contribution in [2.45, 2.75) is 6.92 Å². The molecule has 2 aromatic carbocycles. The van der Waals surface area contributed by atoms with Crippen molar-refractivity contribution in [2.24, 2.45) is 4.99 Å². The predicted octanol–water partition coefficient (Wildman–Crippen LogP) is 4.35. The van der Waals surface area contributed by atoms with Gasteiger partial charge >= 0.3 is 0 Å². The van der Waals surface area contributed by atoms with Gasteiger partial charge in [-0.15, -0.1) is 6.42 Å². The summed E-state index contributed by atoms with van der Waals surface area (Å²) in [5.41, 5.74) is 1.61. The normalized spacial score (nSPS) is 16.0. The minimum absolute atomic E-state index is 0.109. The van der Waals surface area contributed by atoms with E-state index < -0.39 is 0 Å². The molecule has 1 amide bonds. The van der Waals surface area contributed by atoms with Crippen LogP contribution in [0.4, 0.5) is 5.69 Å². The molecule has 0 saturated carbocycles. The minimum Gasteiger partial charge on any atom is -0.490 e. The van der Waals surface area contributed by atoms with Crippen molar-refractivity contribution in [3.05, 3.63) is 59.0 Å². The lowest BCUT2D eigenvalue weighted by Crippen LogP contribution is -2.32. The lowest BCUT2D eigenvalue weighted by Gasteiger charge is -2.14. The van der Waals surface area contributed by atoms with Crippen molar-refractivity contribution in [1.82, 2.24) is 4.90 Å². The Morgan fingerprint density at radius 2 is 1.97 bits per heavy atom. The minimum atomic E-state index is -0.109.